The third-order valence-corrected chi connectivity index (χ3v) is 7.84. The first kappa shape index (κ1) is 26.1. The lowest BCUT2D eigenvalue weighted by atomic mass is 10.1. The summed E-state index contributed by atoms with van der Waals surface area (Å²) in [5, 5.41) is 6.67. The van der Waals surface area contributed by atoms with Gasteiger partial charge in [-0.25, -0.2) is 4.98 Å². The Hall–Kier alpha value is -3.56. The number of nitrogens with zero attached hydrogens (tertiary/aromatic N) is 5. The van der Waals surface area contributed by atoms with E-state index in [1.54, 1.807) is 18.9 Å². The third kappa shape index (κ3) is 5.08. The molecule has 1 aliphatic heterocycles. The van der Waals surface area contributed by atoms with Crippen LogP contribution in [0.5, 0.6) is 11.5 Å². The molecule has 0 saturated carbocycles. The maximum Gasteiger partial charge on any atom is 0.202 e. The number of carbonyl (C=O) groups is 1. The van der Waals surface area contributed by atoms with Crippen molar-refractivity contribution in [1.29, 1.82) is 0 Å². The predicted molar refractivity (Wildman–Crippen MR) is 149 cm³/mol. The Morgan fingerprint density at radius 1 is 1.13 bits per heavy atom. The summed E-state index contributed by atoms with van der Waals surface area (Å²) in [6, 6.07) is 10.2. The Morgan fingerprint density at radius 3 is 2.55 bits per heavy atom. The van der Waals surface area contributed by atoms with Gasteiger partial charge in [0.1, 0.15) is 12.2 Å². The highest BCUT2D eigenvalue weighted by Crippen LogP contribution is 2.35. The lowest BCUT2D eigenvalue weighted by Gasteiger charge is -2.39. The highest BCUT2D eigenvalue weighted by atomic mass is 35.5. The second-order valence-electron chi connectivity index (χ2n) is 9.68. The number of hydrogen-bond donors (Lipinski definition) is 1. The van der Waals surface area contributed by atoms with E-state index in [0.29, 0.717) is 17.2 Å². The Kier molecular flexibility index (Phi) is 7.58. The first-order valence-electron chi connectivity index (χ1n) is 12.8. The maximum atomic E-state index is 12.9. The van der Waals surface area contributed by atoms with Crippen LogP contribution in [0.25, 0.3) is 10.9 Å². The van der Waals surface area contributed by atoms with Crippen molar-refractivity contribution in [1.82, 2.24) is 24.6 Å². The number of hydrogen-bond acceptors (Lipinski definition) is 7. The zero-order chi connectivity index (χ0) is 26.8. The van der Waals surface area contributed by atoms with E-state index in [4.69, 9.17) is 26.2 Å². The molecule has 1 aliphatic rings. The number of ether oxygens (including phenoxy) is 2. The van der Waals surface area contributed by atoms with E-state index in [2.05, 4.69) is 39.7 Å². The topological polar surface area (TPSA) is 88.5 Å². The number of anilines is 1. The summed E-state index contributed by atoms with van der Waals surface area (Å²) in [4.78, 5) is 24.6. The fourth-order valence-corrected chi connectivity index (χ4v) is 5.39. The largest absolute Gasteiger partial charge is 0.493 e. The Morgan fingerprint density at radius 2 is 1.87 bits per heavy atom. The van der Waals surface area contributed by atoms with Crippen LogP contribution in [0.2, 0.25) is 5.02 Å². The number of H-pyrrole nitrogens is 1. The van der Waals surface area contributed by atoms with E-state index >= 15 is 0 Å². The SMILES string of the molecule is COc1cc2c(CC(C)N3CCN(c4cccc(Cl)c4C)CC3)nn(CC(=O)c3cnc[nH]3)c2cc1OC. The molecule has 0 aliphatic carbocycles. The minimum Gasteiger partial charge on any atom is -0.493 e. The molecule has 1 N–H and O–H groups in total. The normalized spacial score (nSPS) is 15.1. The molecule has 1 fully saturated rings. The highest BCUT2D eigenvalue weighted by molar-refractivity contribution is 6.31. The van der Waals surface area contributed by atoms with Crippen molar-refractivity contribution in [3.63, 3.8) is 0 Å². The van der Waals surface area contributed by atoms with Gasteiger partial charge in [0.2, 0.25) is 5.78 Å². The van der Waals surface area contributed by atoms with Gasteiger partial charge in [-0.1, -0.05) is 17.7 Å². The molecule has 200 valence electrons. The van der Waals surface area contributed by atoms with E-state index in [1.165, 1.54) is 18.2 Å². The van der Waals surface area contributed by atoms with Crippen molar-refractivity contribution in [3.05, 3.63) is 64.8 Å². The molecule has 5 rings (SSSR count). The molecule has 10 heteroatoms. The van der Waals surface area contributed by atoms with Crippen molar-refractivity contribution in [3.8, 4) is 11.5 Å². The number of halogens is 1. The molecule has 1 saturated heterocycles. The highest BCUT2D eigenvalue weighted by Gasteiger charge is 2.25. The standard InChI is InChI=1S/C28H33ClN6O3/c1-18(33-8-10-34(11-9-33)24-7-5-6-21(29)19(24)2)12-22-20-13-27(37-3)28(38-4)14-25(20)35(32-22)16-26(36)23-15-30-17-31-23/h5-7,13-15,17-18H,8-12,16H2,1-4H3,(H,30,31). The fourth-order valence-electron chi connectivity index (χ4n) is 5.22. The van der Waals surface area contributed by atoms with Crippen molar-refractivity contribution in [2.45, 2.75) is 32.9 Å². The van der Waals surface area contributed by atoms with Crippen molar-refractivity contribution < 1.29 is 14.3 Å². The van der Waals surface area contributed by atoms with Crippen LogP contribution in [0.4, 0.5) is 5.69 Å². The van der Waals surface area contributed by atoms with E-state index in [0.717, 1.165) is 59.8 Å². The summed E-state index contributed by atoms with van der Waals surface area (Å²) in [6.07, 6.45) is 3.78. The summed E-state index contributed by atoms with van der Waals surface area (Å²) < 4.78 is 12.9. The second-order valence-corrected chi connectivity index (χ2v) is 10.1. The van der Waals surface area contributed by atoms with E-state index in [-0.39, 0.29) is 18.4 Å². The van der Waals surface area contributed by atoms with Gasteiger partial charge in [0, 0.05) is 60.8 Å². The average Bonchev–Trinajstić information content (AvgIpc) is 3.58. The van der Waals surface area contributed by atoms with Crippen LogP contribution in [0.1, 0.15) is 28.7 Å². The van der Waals surface area contributed by atoms with Gasteiger partial charge in [-0.3, -0.25) is 14.4 Å². The number of Topliss-reactive ketones (excluding diaryl/α,β-unsaturated/α-hetero) is 1. The number of piperazine rings is 1. The van der Waals surface area contributed by atoms with Gasteiger partial charge in [0.05, 0.1) is 38.0 Å². The van der Waals surface area contributed by atoms with Crippen LogP contribution >= 0.6 is 11.6 Å². The second kappa shape index (κ2) is 11.0. The summed E-state index contributed by atoms with van der Waals surface area (Å²) in [5.74, 6) is 1.15. The van der Waals surface area contributed by atoms with Gasteiger partial charge in [0.15, 0.2) is 11.5 Å². The molecule has 0 bridgehead atoms. The summed E-state index contributed by atoms with van der Waals surface area (Å²) in [7, 11) is 3.23. The molecule has 2 aromatic heterocycles. The molecule has 3 heterocycles. The third-order valence-electron chi connectivity index (χ3n) is 7.43. The van der Waals surface area contributed by atoms with Gasteiger partial charge in [-0.2, -0.15) is 5.10 Å². The molecule has 0 spiro atoms. The quantitative estimate of drug-likeness (QED) is 0.318. The molecule has 0 amide bonds. The minimum absolute atomic E-state index is 0.0892. The van der Waals surface area contributed by atoms with Crippen molar-refractivity contribution >= 4 is 34.0 Å². The number of methoxy groups -OCH3 is 2. The lowest BCUT2D eigenvalue weighted by molar-refractivity contribution is 0.0964. The fraction of sp³-hybridized carbons (Fsp3) is 0.393. The molecule has 4 aromatic rings. The number of ketones is 1. The maximum absolute atomic E-state index is 12.9. The molecular weight excluding hydrogens is 504 g/mol. The number of nitrogens with one attached hydrogen (secondary N) is 1. The number of aromatic amines is 1. The Bertz CT molecular complexity index is 1430. The van der Waals surface area contributed by atoms with Crippen molar-refractivity contribution in [2.75, 3.05) is 45.3 Å². The van der Waals surface area contributed by atoms with Crippen LogP contribution in [-0.4, -0.2) is 76.9 Å². The smallest absolute Gasteiger partial charge is 0.202 e. The molecule has 1 atom stereocenters. The first-order chi connectivity index (χ1) is 18.4. The average molecular weight is 537 g/mol. The molecule has 38 heavy (non-hydrogen) atoms. The van der Waals surface area contributed by atoms with Crippen LogP contribution in [-0.2, 0) is 13.0 Å². The van der Waals surface area contributed by atoms with Crippen LogP contribution in [0.3, 0.4) is 0 Å². The van der Waals surface area contributed by atoms with Gasteiger partial charge in [-0.05, 0) is 37.6 Å². The number of rotatable bonds is 9. The van der Waals surface area contributed by atoms with E-state index in [1.807, 2.05) is 24.3 Å². The van der Waals surface area contributed by atoms with E-state index < -0.39 is 0 Å². The van der Waals surface area contributed by atoms with Crippen LogP contribution in [0, 0.1) is 6.92 Å². The summed E-state index contributed by atoms with van der Waals surface area (Å²) in [6.45, 7) is 8.17. The zero-order valence-corrected chi connectivity index (χ0v) is 23.0. The summed E-state index contributed by atoms with van der Waals surface area (Å²) >= 11 is 6.36. The lowest BCUT2D eigenvalue weighted by Crippen LogP contribution is -2.50. The number of imidazole rings is 1. The predicted octanol–water partition coefficient (Wildman–Crippen LogP) is 4.37. The van der Waals surface area contributed by atoms with Gasteiger partial charge >= 0.3 is 0 Å². The zero-order valence-electron chi connectivity index (χ0n) is 22.2. The molecule has 2 aromatic carbocycles. The number of benzene rings is 2. The van der Waals surface area contributed by atoms with Crippen molar-refractivity contribution in [2.24, 2.45) is 0 Å². The number of aromatic nitrogens is 4. The van der Waals surface area contributed by atoms with Gasteiger partial charge in [0.25, 0.3) is 0 Å². The van der Waals surface area contributed by atoms with Crippen LogP contribution in [0.15, 0.2) is 42.9 Å². The summed E-state index contributed by atoms with van der Waals surface area (Å²) in [5.41, 5.74) is 4.55. The van der Waals surface area contributed by atoms with Gasteiger partial charge < -0.3 is 19.4 Å². The van der Waals surface area contributed by atoms with E-state index in [9.17, 15) is 4.79 Å². The van der Waals surface area contributed by atoms with Gasteiger partial charge in [-0.15, -0.1) is 0 Å². The van der Waals surface area contributed by atoms with Crippen LogP contribution < -0.4 is 14.4 Å². The Balaban J connectivity index is 1.36. The number of fused-ring (bicyclic) bond motifs is 1. The minimum atomic E-state index is -0.0892. The molecule has 0 radical (unpaired) electrons. The monoisotopic (exact) mass is 536 g/mol. The molecule has 9 nitrogen and oxygen atoms in total. The Labute approximate surface area is 227 Å². The molecule has 1 unspecified atom stereocenters. The number of carbonyl (C=O) groups excluding carboxylic acids is 1. The molecular formula is C28H33ClN6O3. The first-order valence-corrected chi connectivity index (χ1v) is 13.1.